The molecule has 1 aromatic rings. The summed E-state index contributed by atoms with van der Waals surface area (Å²) < 4.78 is 0. The van der Waals surface area contributed by atoms with E-state index in [1.165, 1.54) is 13.0 Å². The second-order valence-electron chi connectivity index (χ2n) is 4.50. The fourth-order valence-corrected chi connectivity index (χ4v) is 3.65. The van der Waals surface area contributed by atoms with Crippen LogP contribution in [0.1, 0.15) is 6.42 Å². The van der Waals surface area contributed by atoms with E-state index in [0.717, 1.165) is 33.8 Å². The highest BCUT2D eigenvalue weighted by atomic mass is 35.5. The summed E-state index contributed by atoms with van der Waals surface area (Å²) in [6.07, 6.45) is 1.25. The standard InChI is InChI=1S/C13H18Cl2N2S/c1-16-11-4-5-17(9-11)6-7-18-13-8-10(14)2-3-12(13)15/h2-3,8,11,16H,4-7,9H2,1H3. The molecule has 0 bridgehead atoms. The van der Waals surface area contributed by atoms with Gasteiger partial charge in [-0.2, -0.15) is 0 Å². The molecule has 2 nitrogen and oxygen atoms in total. The zero-order valence-corrected chi connectivity index (χ0v) is 12.8. The normalized spacial score (nSPS) is 20.5. The Morgan fingerprint density at radius 3 is 3.00 bits per heavy atom. The first kappa shape index (κ1) is 14.5. The number of rotatable bonds is 5. The van der Waals surface area contributed by atoms with Gasteiger partial charge >= 0.3 is 0 Å². The highest BCUT2D eigenvalue weighted by Gasteiger charge is 2.20. The van der Waals surface area contributed by atoms with Gasteiger partial charge in [0.15, 0.2) is 0 Å². The van der Waals surface area contributed by atoms with Crippen molar-refractivity contribution < 1.29 is 0 Å². The quantitative estimate of drug-likeness (QED) is 0.840. The van der Waals surface area contributed by atoms with E-state index in [9.17, 15) is 0 Å². The molecule has 0 amide bonds. The van der Waals surface area contributed by atoms with Crippen molar-refractivity contribution in [3.63, 3.8) is 0 Å². The molecule has 1 aliphatic rings. The molecule has 0 radical (unpaired) electrons. The van der Waals surface area contributed by atoms with Gasteiger partial charge in [-0.25, -0.2) is 0 Å². The van der Waals surface area contributed by atoms with Gasteiger partial charge in [-0.15, -0.1) is 11.8 Å². The van der Waals surface area contributed by atoms with E-state index in [-0.39, 0.29) is 0 Å². The Kier molecular flexibility index (Phi) is 5.64. The third-order valence-corrected chi connectivity index (χ3v) is 4.95. The van der Waals surface area contributed by atoms with E-state index in [2.05, 4.69) is 10.2 Å². The Bertz CT molecular complexity index is 401. The van der Waals surface area contributed by atoms with E-state index in [0.29, 0.717) is 6.04 Å². The van der Waals surface area contributed by atoms with Crippen LogP contribution >= 0.6 is 35.0 Å². The maximum absolute atomic E-state index is 6.13. The Balaban J connectivity index is 1.77. The van der Waals surface area contributed by atoms with Crippen molar-refractivity contribution >= 4 is 35.0 Å². The van der Waals surface area contributed by atoms with Gasteiger partial charge in [0.25, 0.3) is 0 Å². The monoisotopic (exact) mass is 304 g/mol. The molecule has 0 aliphatic carbocycles. The van der Waals surface area contributed by atoms with E-state index in [4.69, 9.17) is 23.2 Å². The topological polar surface area (TPSA) is 15.3 Å². The van der Waals surface area contributed by atoms with Crippen molar-refractivity contribution in [3.8, 4) is 0 Å². The number of nitrogens with zero attached hydrogens (tertiary/aromatic N) is 1. The van der Waals surface area contributed by atoms with Gasteiger partial charge in [-0.1, -0.05) is 23.2 Å². The number of hydrogen-bond acceptors (Lipinski definition) is 3. The van der Waals surface area contributed by atoms with E-state index in [1.54, 1.807) is 11.8 Å². The Labute approximate surface area is 123 Å². The number of nitrogens with one attached hydrogen (secondary N) is 1. The van der Waals surface area contributed by atoms with Crippen molar-refractivity contribution in [2.24, 2.45) is 0 Å². The smallest absolute Gasteiger partial charge is 0.0542 e. The maximum Gasteiger partial charge on any atom is 0.0542 e. The summed E-state index contributed by atoms with van der Waals surface area (Å²) in [5.41, 5.74) is 0. The molecule has 2 rings (SSSR count). The first-order valence-electron chi connectivity index (χ1n) is 6.16. The molecule has 100 valence electrons. The molecule has 1 aliphatic heterocycles. The summed E-state index contributed by atoms with van der Waals surface area (Å²) in [7, 11) is 2.04. The molecule has 0 saturated carbocycles. The van der Waals surface area contributed by atoms with Crippen LogP contribution in [-0.2, 0) is 0 Å². The molecule has 1 unspecified atom stereocenters. The van der Waals surface area contributed by atoms with Crippen molar-refractivity contribution in [1.82, 2.24) is 10.2 Å². The van der Waals surface area contributed by atoms with Gasteiger partial charge in [0.2, 0.25) is 0 Å². The summed E-state index contributed by atoms with van der Waals surface area (Å²) in [5.74, 6) is 1.05. The minimum absolute atomic E-state index is 0.657. The largest absolute Gasteiger partial charge is 0.316 e. The summed E-state index contributed by atoms with van der Waals surface area (Å²) >= 11 is 13.9. The summed E-state index contributed by atoms with van der Waals surface area (Å²) in [5, 5.41) is 4.87. The molecule has 0 aromatic heterocycles. The number of hydrogen-bond donors (Lipinski definition) is 1. The minimum atomic E-state index is 0.657. The van der Waals surface area contributed by atoms with Gasteiger partial charge in [-0.3, -0.25) is 0 Å². The lowest BCUT2D eigenvalue weighted by Gasteiger charge is -2.15. The molecule has 1 N–H and O–H groups in total. The van der Waals surface area contributed by atoms with Gasteiger partial charge < -0.3 is 10.2 Å². The van der Waals surface area contributed by atoms with Crippen molar-refractivity contribution in [2.45, 2.75) is 17.4 Å². The van der Waals surface area contributed by atoms with Crippen LogP contribution in [0, 0.1) is 0 Å². The van der Waals surface area contributed by atoms with Crippen LogP contribution in [0.4, 0.5) is 0 Å². The number of halogens is 2. The van der Waals surface area contributed by atoms with Crippen LogP contribution in [0.2, 0.25) is 10.0 Å². The molecule has 1 aromatic carbocycles. The third kappa shape index (κ3) is 4.04. The van der Waals surface area contributed by atoms with E-state index in [1.807, 2.05) is 25.2 Å². The second kappa shape index (κ2) is 7.01. The summed E-state index contributed by atoms with van der Waals surface area (Å²) in [4.78, 5) is 3.57. The lowest BCUT2D eigenvalue weighted by molar-refractivity contribution is 0.351. The van der Waals surface area contributed by atoms with Crippen LogP contribution in [0.5, 0.6) is 0 Å². The highest BCUT2D eigenvalue weighted by Crippen LogP contribution is 2.29. The van der Waals surface area contributed by atoms with Gasteiger partial charge in [0.1, 0.15) is 0 Å². The molecule has 0 spiro atoms. The van der Waals surface area contributed by atoms with Crippen LogP contribution in [0.25, 0.3) is 0 Å². The molecule has 1 atom stereocenters. The first-order chi connectivity index (χ1) is 8.69. The number of benzene rings is 1. The number of likely N-dealkylation sites (N-methyl/N-ethyl adjacent to an activating group) is 1. The van der Waals surface area contributed by atoms with Crippen molar-refractivity contribution in [1.29, 1.82) is 0 Å². The number of thioether (sulfide) groups is 1. The average Bonchev–Trinajstić information content (AvgIpc) is 2.81. The molecule has 1 saturated heterocycles. The molecular formula is C13H18Cl2N2S. The zero-order chi connectivity index (χ0) is 13.0. The zero-order valence-electron chi connectivity index (χ0n) is 10.5. The predicted molar refractivity (Wildman–Crippen MR) is 81.1 cm³/mol. The van der Waals surface area contributed by atoms with Gasteiger partial charge in [0, 0.05) is 34.8 Å². The molecule has 5 heteroatoms. The fourth-order valence-electron chi connectivity index (χ4n) is 2.14. The van der Waals surface area contributed by atoms with Crippen molar-refractivity contribution in [2.75, 3.05) is 32.4 Å². The lowest BCUT2D eigenvalue weighted by atomic mass is 10.3. The van der Waals surface area contributed by atoms with Crippen LogP contribution in [-0.4, -0.2) is 43.4 Å². The minimum Gasteiger partial charge on any atom is -0.316 e. The molecule has 18 heavy (non-hydrogen) atoms. The molecule has 1 heterocycles. The van der Waals surface area contributed by atoms with Crippen molar-refractivity contribution in [3.05, 3.63) is 28.2 Å². The first-order valence-corrected chi connectivity index (χ1v) is 7.90. The average molecular weight is 305 g/mol. The second-order valence-corrected chi connectivity index (χ2v) is 6.48. The van der Waals surface area contributed by atoms with Crippen LogP contribution in [0.15, 0.2) is 23.1 Å². The van der Waals surface area contributed by atoms with E-state index < -0.39 is 0 Å². The SMILES string of the molecule is CNC1CCN(CCSc2cc(Cl)ccc2Cl)C1. The molecular weight excluding hydrogens is 287 g/mol. The van der Waals surface area contributed by atoms with Crippen LogP contribution < -0.4 is 5.32 Å². The maximum atomic E-state index is 6.13. The third-order valence-electron chi connectivity index (χ3n) is 3.24. The highest BCUT2D eigenvalue weighted by molar-refractivity contribution is 7.99. The Morgan fingerprint density at radius 1 is 1.44 bits per heavy atom. The summed E-state index contributed by atoms with van der Waals surface area (Å²) in [6.45, 7) is 3.45. The van der Waals surface area contributed by atoms with Crippen LogP contribution in [0.3, 0.4) is 0 Å². The predicted octanol–water partition coefficient (Wildman–Crippen LogP) is 3.38. The summed E-state index contributed by atoms with van der Waals surface area (Å²) in [6, 6.07) is 6.28. The van der Waals surface area contributed by atoms with Gasteiger partial charge in [-0.05, 0) is 38.2 Å². The fraction of sp³-hybridized carbons (Fsp3) is 0.538. The van der Waals surface area contributed by atoms with E-state index >= 15 is 0 Å². The Morgan fingerprint density at radius 2 is 2.28 bits per heavy atom. The lowest BCUT2D eigenvalue weighted by Crippen LogP contribution is -2.30. The molecule has 1 fully saturated rings. The number of likely N-dealkylation sites (tertiary alicyclic amines) is 1. The van der Waals surface area contributed by atoms with Gasteiger partial charge in [0.05, 0.1) is 5.02 Å². The Hall–Kier alpha value is 0.0700.